The van der Waals surface area contributed by atoms with Crippen LogP contribution in [0.4, 0.5) is 5.69 Å². The number of hydrogen-bond acceptors (Lipinski definition) is 5. The second kappa shape index (κ2) is 8.55. The zero-order valence-electron chi connectivity index (χ0n) is 12.4. The number of anilines is 1. The van der Waals surface area contributed by atoms with Gasteiger partial charge in [-0.05, 0) is 43.0 Å². The molecule has 0 heterocycles. The third-order valence-corrected chi connectivity index (χ3v) is 3.02. The number of ether oxygens (including phenoxy) is 3. The molecule has 5 nitrogen and oxygen atoms in total. The summed E-state index contributed by atoms with van der Waals surface area (Å²) < 4.78 is 15.2. The highest BCUT2D eigenvalue weighted by Crippen LogP contribution is 2.21. The maximum Gasteiger partial charge on any atom is 0.340 e. The summed E-state index contributed by atoms with van der Waals surface area (Å²) in [5.74, 6) is -0.387. The second-order valence-electron chi connectivity index (χ2n) is 4.41. The van der Waals surface area contributed by atoms with Crippen molar-refractivity contribution < 1.29 is 19.0 Å². The molecule has 1 aromatic rings. The lowest BCUT2D eigenvalue weighted by molar-refractivity contribution is 0.0527. The Morgan fingerprint density at radius 1 is 1.10 bits per heavy atom. The third-order valence-electron chi connectivity index (χ3n) is 3.02. The van der Waals surface area contributed by atoms with E-state index in [9.17, 15) is 4.79 Å². The van der Waals surface area contributed by atoms with Crippen molar-refractivity contribution in [2.75, 3.05) is 39.8 Å². The number of carbonyl (C=O) groups excluding carboxylic acids is 1. The summed E-state index contributed by atoms with van der Waals surface area (Å²) in [5.41, 5.74) is 8.93. The molecule has 0 unspecified atom stereocenters. The van der Waals surface area contributed by atoms with E-state index in [1.807, 2.05) is 6.07 Å². The van der Waals surface area contributed by atoms with Crippen molar-refractivity contribution in [1.82, 2.24) is 0 Å². The van der Waals surface area contributed by atoms with Crippen LogP contribution in [0.2, 0.25) is 0 Å². The van der Waals surface area contributed by atoms with E-state index in [4.69, 9.17) is 19.9 Å². The van der Waals surface area contributed by atoms with Crippen molar-refractivity contribution >= 4 is 11.7 Å². The van der Waals surface area contributed by atoms with Gasteiger partial charge in [0.05, 0.1) is 25.4 Å². The van der Waals surface area contributed by atoms with Crippen LogP contribution >= 0.6 is 0 Å². The summed E-state index contributed by atoms with van der Waals surface area (Å²) >= 11 is 0. The van der Waals surface area contributed by atoms with Crippen molar-refractivity contribution in [3.05, 3.63) is 28.8 Å². The van der Waals surface area contributed by atoms with E-state index in [1.165, 1.54) is 0 Å². The predicted molar refractivity (Wildman–Crippen MR) is 78.0 cm³/mol. The highest BCUT2D eigenvalue weighted by molar-refractivity contribution is 5.95. The maximum absolute atomic E-state index is 11.9. The van der Waals surface area contributed by atoms with Gasteiger partial charge >= 0.3 is 5.97 Å². The van der Waals surface area contributed by atoms with E-state index in [-0.39, 0.29) is 5.97 Å². The topological polar surface area (TPSA) is 70.8 Å². The quantitative estimate of drug-likeness (QED) is 0.581. The Labute approximate surface area is 120 Å². The van der Waals surface area contributed by atoms with Crippen molar-refractivity contribution in [3.63, 3.8) is 0 Å². The molecule has 1 rings (SSSR count). The molecule has 5 heteroatoms. The lowest BCUT2D eigenvalue weighted by Gasteiger charge is -2.13. The Morgan fingerprint density at radius 2 is 1.65 bits per heavy atom. The molecule has 0 amide bonds. The fourth-order valence-electron chi connectivity index (χ4n) is 1.98. The second-order valence-corrected chi connectivity index (χ2v) is 4.41. The Bertz CT molecular complexity index is 446. The summed E-state index contributed by atoms with van der Waals surface area (Å²) in [6, 6.07) is 3.63. The van der Waals surface area contributed by atoms with Gasteiger partial charge in [0, 0.05) is 19.9 Å². The summed E-state index contributed by atoms with van der Waals surface area (Å²) in [6.45, 7) is 3.30. The monoisotopic (exact) mass is 281 g/mol. The number of rotatable bonds is 8. The highest BCUT2D eigenvalue weighted by Gasteiger charge is 2.15. The SMILES string of the molecule is CCOC(=O)c1cc(CCOC)c(CCOC)cc1N. The fraction of sp³-hybridized carbons (Fsp3) is 0.533. The molecule has 1 aromatic carbocycles. The molecule has 0 bridgehead atoms. The predicted octanol–water partition coefficient (Wildman–Crippen LogP) is 1.82. The van der Waals surface area contributed by atoms with Crippen LogP contribution in [0, 0.1) is 0 Å². The Kier molecular flexibility index (Phi) is 7.04. The number of methoxy groups -OCH3 is 2. The molecule has 0 aliphatic rings. The van der Waals surface area contributed by atoms with Crippen LogP contribution in [-0.2, 0) is 27.1 Å². The van der Waals surface area contributed by atoms with E-state index < -0.39 is 0 Å². The molecule has 0 aliphatic carbocycles. The van der Waals surface area contributed by atoms with Crippen molar-refractivity contribution in [3.8, 4) is 0 Å². The van der Waals surface area contributed by atoms with Gasteiger partial charge in [-0.3, -0.25) is 0 Å². The van der Waals surface area contributed by atoms with E-state index in [0.29, 0.717) is 31.1 Å². The number of nitrogens with two attached hydrogens (primary N) is 1. The molecule has 112 valence electrons. The lowest BCUT2D eigenvalue weighted by atomic mass is 9.98. The molecule has 0 aromatic heterocycles. The minimum atomic E-state index is -0.387. The highest BCUT2D eigenvalue weighted by atomic mass is 16.5. The fourth-order valence-corrected chi connectivity index (χ4v) is 1.98. The minimum absolute atomic E-state index is 0.330. The summed E-state index contributed by atoms with van der Waals surface area (Å²) in [6.07, 6.45) is 1.48. The van der Waals surface area contributed by atoms with Crippen LogP contribution in [0.25, 0.3) is 0 Å². The first-order valence-corrected chi connectivity index (χ1v) is 6.70. The van der Waals surface area contributed by atoms with Crippen LogP contribution in [0.3, 0.4) is 0 Å². The first kappa shape index (κ1) is 16.5. The summed E-state index contributed by atoms with van der Waals surface area (Å²) in [4.78, 5) is 11.9. The van der Waals surface area contributed by atoms with Gasteiger partial charge in [-0.1, -0.05) is 0 Å². The zero-order valence-corrected chi connectivity index (χ0v) is 12.4. The van der Waals surface area contributed by atoms with Crippen LogP contribution in [0.5, 0.6) is 0 Å². The molecule has 0 aliphatic heterocycles. The minimum Gasteiger partial charge on any atom is -0.462 e. The van der Waals surface area contributed by atoms with E-state index in [0.717, 1.165) is 24.0 Å². The largest absolute Gasteiger partial charge is 0.462 e. The Balaban J connectivity index is 3.06. The third kappa shape index (κ3) is 4.51. The summed E-state index contributed by atoms with van der Waals surface area (Å²) in [7, 11) is 3.31. The lowest BCUT2D eigenvalue weighted by Crippen LogP contribution is -2.12. The molecule has 0 spiro atoms. The normalized spacial score (nSPS) is 10.6. The van der Waals surface area contributed by atoms with Gasteiger partial charge in [0.2, 0.25) is 0 Å². The molecule has 0 fully saturated rings. The number of esters is 1. The first-order chi connectivity index (χ1) is 9.63. The Morgan fingerprint density at radius 3 is 2.15 bits per heavy atom. The van der Waals surface area contributed by atoms with Crippen LogP contribution in [-0.4, -0.2) is 40.0 Å². The number of carbonyl (C=O) groups is 1. The van der Waals surface area contributed by atoms with Gasteiger partial charge in [-0.15, -0.1) is 0 Å². The van der Waals surface area contributed by atoms with Crippen molar-refractivity contribution in [1.29, 1.82) is 0 Å². The number of benzene rings is 1. The molecule has 0 radical (unpaired) electrons. The van der Waals surface area contributed by atoms with Gasteiger partial charge in [0.15, 0.2) is 0 Å². The molecular formula is C15H23NO4. The molecule has 0 saturated heterocycles. The standard InChI is InChI=1S/C15H23NO4/c1-4-20-15(17)13-9-11(5-7-18-2)12(6-8-19-3)10-14(13)16/h9-10H,4-8,16H2,1-3H3. The number of hydrogen-bond donors (Lipinski definition) is 1. The molecule has 2 N–H and O–H groups in total. The Hall–Kier alpha value is -1.59. The van der Waals surface area contributed by atoms with Crippen molar-refractivity contribution in [2.45, 2.75) is 19.8 Å². The van der Waals surface area contributed by atoms with Crippen LogP contribution < -0.4 is 5.73 Å². The molecule has 0 atom stereocenters. The van der Waals surface area contributed by atoms with Crippen LogP contribution in [0.1, 0.15) is 28.4 Å². The zero-order chi connectivity index (χ0) is 15.0. The average Bonchev–Trinajstić information content (AvgIpc) is 2.44. The van der Waals surface area contributed by atoms with E-state index >= 15 is 0 Å². The first-order valence-electron chi connectivity index (χ1n) is 6.70. The molecule has 0 saturated carbocycles. The van der Waals surface area contributed by atoms with Gasteiger partial charge < -0.3 is 19.9 Å². The summed E-state index contributed by atoms with van der Waals surface area (Å²) in [5, 5.41) is 0. The number of nitrogen functional groups attached to an aromatic ring is 1. The molecule has 20 heavy (non-hydrogen) atoms. The van der Waals surface area contributed by atoms with Gasteiger partial charge in [0.1, 0.15) is 0 Å². The smallest absolute Gasteiger partial charge is 0.340 e. The van der Waals surface area contributed by atoms with E-state index in [2.05, 4.69) is 0 Å². The molecular weight excluding hydrogens is 258 g/mol. The van der Waals surface area contributed by atoms with E-state index in [1.54, 1.807) is 27.2 Å². The van der Waals surface area contributed by atoms with Gasteiger partial charge in [-0.2, -0.15) is 0 Å². The van der Waals surface area contributed by atoms with Crippen LogP contribution in [0.15, 0.2) is 12.1 Å². The average molecular weight is 281 g/mol. The van der Waals surface area contributed by atoms with Gasteiger partial charge in [-0.25, -0.2) is 4.79 Å². The maximum atomic E-state index is 11.9. The van der Waals surface area contributed by atoms with Gasteiger partial charge in [0.25, 0.3) is 0 Å². The van der Waals surface area contributed by atoms with Crippen molar-refractivity contribution in [2.24, 2.45) is 0 Å².